The van der Waals surface area contributed by atoms with Crippen molar-refractivity contribution < 1.29 is 9.18 Å². The molecule has 0 spiro atoms. The van der Waals surface area contributed by atoms with Crippen LogP contribution in [0.2, 0.25) is 0 Å². The van der Waals surface area contributed by atoms with Crippen LogP contribution in [0, 0.1) is 5.82 Å². The van der Waals surface area contributed by atoms with Crippen LogP contribution in [0.3, 0.4) is 0 Å². The number of halogens is 1. The molecular weight excluding hydrogens is 455 g/mol. The molecule has 0 amide bonds. The molecule has 1 nitrogen and oxygen atoms in total. The second kappa shape index (κ2) is 16.5. The number of unbranched alkanes of at least 4 members (excludes halogenated alkanes) is 9. The van der Waals surface area contributed by atoms with Gasteiger partial charge in [-0.25, -0.2) is 4.39 Å². The van der Waals surface area contributed by atoms with Crippen LogP contribution >= 0.6 is 0 Å². The predicted molar refractivity (Wildman–Crippen MR) is 156 cm³/mol. The summed E-state index contributed by atoms with van der Waals surface area (Å²) < 4.78 is 13.0. The third-order valence-corrected chi connectivity index (χ3v) is 6.93. The number of carbonyl (C=O) groups excluding carboxylic acids is 1. The molecule has 0 bridgehead atoms. The van der Waals surface area contributed by atoms with Crippen molar-refractivity contribution in [3.8, 4) is 0 Å². The zero-order valence-electron chi connectivity index (χ0n) is 22.1. The lowest BCUT2D eigenvalue weighted by atomic mass is 10.0. The van der Waals surface area contributed by atoms with Crippen molar-refractivity contribution in [2.75, 3.05) is 0 Å². The van der Waals surface area contributed by atoms with Crippen LogP contribution in [0.15, 0.2) is 85.5 Å². The van der Waals surface area contributed by atoms with E-state index < -0.39 is 0 Å². The van der Waals surface area contributed by atoms with Gasteiger partial charge in [-0.3, -0.25) is 4.79 Å². The van der Waals surface area contributed by atoms with Gasteiger partial charge in [0, 0.05) is 5.56 Å². The first-order valence-corrected chi connectivity index (χ1v) is 13.9. The van der Waals surface area contributed by atoms with Gasteiger partial charge in [-0.2, -0.15) is 0 Å². The predicted octanol–water partition coefficient (Wildman–Crippen LogP) is 10.1. The monoisotopic (exact) mass is 496 g/mol. The third-order valence-electron chi connectivity index (χ3n) is 6.93. The Bertz CT molecular complexity index is 1090. The number of aryl methyl sites for hydroxylation is 2. The van der Waals surface area contributed by atoms with Gasteiger partial charge in [0.1, 0.15) is 5.82 Å². The normalized spacial score (nSPS) is 11.2. The lowest BCUT2D eigenvalue weighted by Gasteiger charge is -2.05. The van der Waals surface area contributed by atoms with Gasteiger partial charge in [0.25, 0.3) is 0 Å². The third kappa shape index (κ3) is 11.1. The SMILES string of the molecule is C=Cc1ccc(CCCCCCCCCCCCc2ccc(C=CC(=O)c3ccc(F)cc3)cc2)cc1. The van der Waals surface area contributed by atoms with Crippen LogP contribution < -0.4 is 0 Å². The van der Waals surface area contributed by atoms with Crippen molar-refractivity contribution in [3.05, 3.63) is 119 Å². The molecule has 0 radical (unpaired) electrons. The fraction of sp³-hybridized carbons (Fsp3) is 0.343. The van der Waals surface area contributed by atoms with E-state index in [-0.39, 0.29) is 11.6 Å². The summed E-state index contributed by atoms with van der Waals surface area (Å²) in [5.41, 5.74) is 5.48. The smallest absolute Gasteiger partial charge is 0.185 e. The van der Waals surface area contributed by atoms with Gasteiger partial charge in [-0.1, -0.05) is 119 Å². The van der Waals surface area contributed by atoms with Crippen molar-refractivity contribution in [1.29, 1.82) is 0 Å². The van der Waals surface area contributed by atoms with Gasteiger partial charge in [0.15, 0.2) is 5.78 Å². The zero-order chi connectivity index (χ0) is 26.1. The largest absolute Gasteiger partial charge is 0.289 e. The summed E-state index contributed by atoms with van der Waals surface area (Å²) in [4.78, 5) is 12.2. The van der Waals surface area contributed by atoms with Gasteiger partial charge >= 0.3 is 0 Å². The molecule has 0 aliphatic rings. The van der Waals surface area contributed by atoms with Crippen LogP contribution in [0.1, 0.15) is 96.8 Å². The molecule has 3 rings (SSSR count). The van der Waals surface area contributed by atoms with Crippen LogP contribution in [-0.2, 0) is 12.8 Å². The van der Waals surface area contributed by atoms with Gasteiger partial charge in [0.05, 0.1) is 0 Å². The van der Waals surface area contributed by atoms with E-state index in [0.717, 1.165) is 12.0 Å². The molecule has 0 saturated heterocycles. The molecule has 0 atom stereocenters. The summed E-state index contributed by atoms with van der Waals surface area (Å²) in [6.07, 6.45) is 20.8. The molecule has 0 unspecified atom stereocenters. The zero-order valence-corrected chi connectivity index (χ0v) is 22.1. The summed E-state index contributed by atoms with van der Waals surface area (Å²) in [5, 5.41) is 0. The molecule has 2 heteroatoms. The highest BCUT2D eigenvalue weighted by Crippen LogP contribution is 2.15. The quantitative estimate of drug-likeness (QED) is 0.103. The summed E-state index contributed by atoms with van der Waals surface area (Å²) in [5.74, 6) is -0.449. The van der Waals surface area contributed by atoms with E-state index in [4.69, 9.17) is 0 Å². The Kier molecular flexibility index (Phi) is 12.6. The number of ketones is 1. The van der Waals surface area contributed by atoms with Gasteiger partial charge in [-0.05, 0) is 78.3 Å². The number of allylic oxidation sites excluding steroid dienone is 1. The highest BCUT2D eigenvalue weighted by molar-refractivity contribution is 6.06. The molecule has 0 N–H and O–H groups in total. The van der Waals surface area contributed by atoms with Crippen molar-refractivity contribution in [2.45, 2.75) is 77.0 Å². The Hall–Kier alpha value is -3.26. The molecule has 0 aromatic heterocycles. The number of hydrogen-bond donors (Lipinski definition) is 0. The first kappa shape index (κ1) is 28.3. The molecule has 194 valence electrons. The molecule has 0 saturated carbocycles. The van der Waals surface area contributed by atoms with Gasteiger partial charge in [0.2, 0.25) is 0 Å². The minimum atomic E-state index is -0.333. The summed E-state index contributed by atoms with van der Waals surface area (Å²) in [7, 11) is 0. The Morgan fingerprint density at radius 2 is 1.03 bits per heavy atom. The second-order valence-corrected chi connectivity index (χ2v) is 9.93. The molecular formula is C35H41FO. The molecule has 3 aromatic rings. The summed E-state index contributed by atoms with van der Waals surface area (Å²) in [6.45, 7) is 3.81. The van der Waals surface area contributed by atoms with E-state index in [0.29, 0.717) is 5.56 Å². The van der Waals surface area contributed by atoms with E-state index in [2.05, 4.69) is 55.1 Å². The Balaban J connectivity index is 1.17. The van der Waals surface area contributed by atoms with E-state index in [1.165, 1.54) is 112 Å². The fourth-order valence-corrected chi connectivity index (χ4v) is 4.57. The van der Waals surface area contributed by atoms with Crippen LogP contribution in [-0.4, -0.2) is 5.78 Å². The molecule has 0 heterocycles. The topological polar surface area (TPSA) is 17.1 Å². The molecule has 0 fully saturated rings. The Morgan fingerprint density at radius 1 is 0.595 bits per heavy atom. The molecule has 37 heavy (non-hydrogen) atoms. The molecule has 0 aliphatic carbocycles. The average molecular weight is 497 g/mol. The van der Waals surface area contributed by atoms with Crippen molar-refractivity contribution in [3.63, 3.8) is 0 Å². The van der Waals surface area contributed by atoms with E-state index in [1.807, 2.05) is 12.2 Å². The van der Waals surface area contributed by atoms with Crippen molar-refractivity contribution in [1.82, 2.24) is 0 Å². The minimum absolute atomic E-state index is 0.116. The standard InChI is InChI=1S/C35H41FO/c1-2-29-15-17-30(18-16-29)13-11-9-7-5-3-4-6-8-10-12-14-31-19-21-32(22-20-31)23-28-35(37)33-24-26-34(36)27-25-33/h2,15-28H,1,3-14H2. The van der Waals surface area contributed by atoms with E-state index in [1.54, 1.807) is 6.08 Å². The summed E-state index contributed by atoms with van der Waals surface area (Å²) in [6, 6.07) is 22.8. The maximum absolute atomic E-state index is 13.0. The van der Waals surface area contributed by atoms with Gasteiger partial charge in [-0.15, -0.1) is 0 Å². The maximum atomic E-state index is 13.0. The highest BCUT2D eigenvalue weighted by atomic mass is 19.1. The number of benzene rings is 3. The van der Waals surface area contributed by atoms with E-state index in [9.17, 15) is 9.18 Å². The van der Waals surface area contributed by atoms with Crippen molar-refractivity contribution >= 4 is 17.9 Å². The lowest BCUT2D eigenvalue weighted by Crippen LogP contribution is -1.93. The fourth-order valence-electron chi connectivity index (χ4n) is 4.57. The van der Waals surface area contributed by atoms with Gasteiger partial charge < -0.3 is 0 Å². The van der Waals surface area contributed by atoms with Crippen LogP contribution in [0.4, 0.5) is 4.39 Å². The van der Waals surface area contributed by atoms with E-state index >= 15 is 0 Å². The Morgan fingerprint density at radius 3 is 1.49 bits per heavy atom. The van der Waals surface area contributed by atoms with Crippen LogP contribution in [0.5, 0.6) is 0 Å². The number of hydrogen-bond acceptors (Lipinski definition) is 1. The second-order valence-electron chi connectivity index (χ2n) is 9.93. The maximum Gasteiger partial charge on any atom is 0.185 e. The minimum Gasteiger partial charge on any atom is -0.289 e. The first-order chi connectivity index (χ1) is 18.1. The number of rotatable bonds is 17. The lowest BCUT2D eigenvalue weighted by molar-refractivity contribution is 0.104. The summed E-state index contributed by atoms with van der Waals surface area (Å²) >= 11 is 0. The van der Waals surface area contributed by atoms with Crippen molar-refractivity contribution in [2.24, 2.45) is 0 Å². The first-order valence-electron chi connectivity index (χ1n) is 13.9. The number of carbonyl (C=O) groups is 1. The average Bonchev–Trinajstić information content (AvgIpc) is 2.93. The highest BCUT2D eigenvalue weighted by Gasteiger charge is 2.02. The van der Waals surface area contributed by atoms with Crippen LogP contribution in [0.25, 0.3) is 12.2 Å². The molecule has 0 aliphatic heterocycles. The Labute approximate surface area is 223 Å². The molecule has 3 aromatic carbocycles.